The molecule has 4 aromatic rings. The third-order valence-electron chi connectivity index (χ3n) is 9.46. The van der Waals surface area contributed by atoms with Crippen molar-refractivity contribution in [2.24, 2.45) is 0 Å². The largest absolute Gasteiger partial charge is 0.397 e. The maximum atomic E-state index is 12.7. The van der Waals surface area contributed by atoms with Gasteiger partial charge in [0.2, 0.25) is 11.8 Å². The molecule has 10 heteroatoms. The average molecular weight is 693 g/mol. The van der Waals surface area contributed by atoms with Crippen LogP contribution < -0.4 is 16.4 Å². The first kappa shape index (κ1) is 36.2. The molecule has 3 unspecified atom stereocenters. The molecule has 0 aliphatic carbocycles. The van der Waals surface area contributed by atoms with Crippen molar-refractivity contribution >= 4 is 23.2 Å². The molecule has 51 heavy (non-hydrogen) atoms. The van der Waals surface area contributed by atoms with Gasteiger partial charge in [-0.3, -0.25) is 14.5 Å². The van der Waals surface area contributed by atoms with Gasteiger partial charge in [-0.1, -0.05) is 84.9 Å². The minimum atomic E-state index is -0.529. The average Bonchev–Trinajstić information content (AvgIpc) is 3.17. The van der Waals surface area contributed by atoms with E-state index in [9.17, 15) is 14.7 Å². The van der Waals surface area contributed by atoms with E-state index >= 15 is 0 Å². The van der Waals surface area contributed by atoms with Crippen LogP contribution in [0, 0.1) is 0 Å². The van der Waals surface area contributed by atoms with E-state index in [-0.39, 0.29) is 30.6 Å². The summed E-state index contributed by atoms with van der Waals surface area (Å²) >= 11 is 0. The van der Waals surface area contributed by atoms with Crippen molar-refractivity contribution < 1.29 is 28.9 Å². The Morgan fingerprint density at radius 3 is 2.24 bits per heavy atom. The summed E-state index contributed by atoms with van der Waals surface area (Å²) in [6, 6.07) is 31.4. The number of rotatable bonds is 14. The van der Waals surface area contributed by atoms with Crippen LogP contribution in [0.15, 0.2) is 97.1 Å². The number of aliphatic hydroxyl groups is 1. The molecule has 2 heterocycles. The number of hydrogen-bond donors (Lipinski definition) is 4. The molecule has 268 valence electrons. The van der Waals surface area contributed by atoms with Gasteiger partial charge in [0.05, 0.1) is 43.4 Å². The second-order valence-electron chi connectivity index (χ2n) is 13.2. The fraction of sp³-hybridized carbons (Fsp3) is 0.366. The van der Waals surface area contributed by atoms with Gasteiger partial charge < -0.3 is 35.7 Å². The number of morpholine rings is 1. The van der Waals surface area contributed by atoms with Crippen LogP contribution in [0.2, 0.25) is 0 Å². The quantitative estimate of drug-likeness (QED) is 0.0918. The van der Waals surface area contributed by atoms with E-state index in [0.717, 1.165) is 72.6 Å². The van der Waals surface area contributed by atoms with Crippen molar-refractivity contribution in [1.29, 1.82) is 0 Å². The van der Waals surface area contributed by atoms with Gasteiger partial charge in [-0.25, -0.2) is 0 Å². The maximum Gasteiger partial charge on any atom is 0.224 e. The molecule has 0 radical (unpaired) electrons. The van der Waals surface area contributed by atoms with E-state index in [1.165, 1.54) is 0 Å². The van der Waals surface area contributed by atoms with Crippen LogP contribution in [0.1, 0.15) is 66.8 Å². The minimum Gasteiger partial charge on any atom is -0.397 e. The normalized spacial score (nSPS) is 19.4. The third kappa shape index (κ3) is 10.2. The van der Waals surface area contributed by atoms with Crippen LogP contribution in [0.3, 0.4) is 0 Å². The topological polar surface area (TPSA) is 135 Å². The lowest BCUT2D eigenvalue weighted by atomic mass is 9.97. The molecule has 2 fully saturated rings. The molecule has 5 N–H and O–H groups in total. The summed E-state index contributed by atoms with van der Waals surface area (Å²) < 4.78 is 18.7. The van der Waals surface area contributed by atoms with E-state index < -0.39 is 6.29 Å². The number of unbranched alkanes of at least 4 members (excludes halogenated alkanes) is 1. The fourth-order valence-electron chi connectivity index (χ4n) is 6.56. The van der Waals surface area contributed by atoms with E-state index in [4.69, 9.17) is 19.9 Å². The molecule has 0 aromatic heterocycles. The number of anilines is 2. The summed E-state index contributed by atoms with van der Waals surface area (Å²) in [6.07, 6.45) is 1.94. The fourth-order valence-corrected chi connectivity index (χ4v) is 6.56. The van der Waals surface area contributed by atoms with Gasteiger partial charge in [0.25, 0.3) is 0 Å². The molecular formula is C41H48N4O6. The second kappa shape index (κ2) is 18.1. The zero-order valence-electron chi connectivity index (χ0n) is 29.0. The Hall–Kier alpha value is -4.58. The summed E-state index contributed by atoms with van der Waals surface area (Å²) in [6.45, 7) is 4.46. The minimum absolute atomic E-state index is 0.00698. The number of nitrogen functional groups attached to an aromatic ring is 1. The zero-order chi connectivity index (χ0) is 35.4. The Morgan fingerprint density at radius 2 is 1.49 bits per heavy atom. The summed E-state index contributed by atoms with van der Waals surface area (Å²) in [5, 5.41) is 15.4. The number of nitrogens with two attached hydrogens (primary N) is 1. The number of para-hydroxylation sites is 2. The van der Waals surface area contributed by atoms with E-state index in [1.54, 1.807) is 12.1 Å². The van der Waals surface area contributed by atoms with Gasteiger partial charge in [-0.2, -0.15) is 0 Å². The van der Waals surface area contributed by atoms with Crippen LogP contribution in [0.4, 0.5) is 11.4 Å². The van der Waals surface area contributed by atoms with Crippen LogP contribution in [0.5, 0.6) is 0 Å². The van der Waals surface area contributed by atoms with Crippen LogP contribution in [-0.2, 0) is 37.0 Å². The number of carbonyl (C=O) groups excluding carboxylic acids is 2. The molecule has 6 rings (SSSR count). The highest BCUT2D eigenvalue weighted by Crippen LogP contribution is 2.39. The highest BCUT2D eigenvalue weighted by Gasteiger charge is 2.33. The Bertz CT molecular complexity index is 1730. The number of hydrogen-bond acceptors (Lipinski definition) is 8. The lowest BCUT2D eigenvalue weighted by Crippen LogP contribution is -2.44. The first-order valence-corrected chi connectivity index (χ1v) is 17.8. The van der Waals surface area contributed by atoms with Gasteiger partial charge in [-0.05, 0) is 52.8 Å². The molecule has 0 bridgehead atoms. The first-order valence-electron chi connectivity index (χ1n) is 17.8. The van der Waals surface area contributed by atoms with Crippen LogP contribution in [-0.4, -0.2) is 60.8 Å². The molecule has 0 spiro atoms. The number of carbonyl (C=O) groups is 2. The van der Waals surface area contributed by atoms with Gasteiger partial charge in [0, 0.05) is 51.0 Å². The van der Waals surface area contributed by atoms with Crippen molar-refractivity contribution in [3.8, 4) is 11.1 Å². The van der Waals surface area contributed by atoms with Crippen molar-refractivity contribution in [3.63, 3.8) is 0 Å². The summed E-state index contributed by atoms with van der Waals surface area (Å²) in [5.74, 6) is -0.164. The Labute approximate surface area is 299 Å². The van der Waals surface area contributed by atoms with Gasteiger partial charge in [0.15, 0.2) is 6.29 Å². The van der Waals surface area contributed by atoms with Crippen molar-refractivity contribution in [2.75, 3.05) is 43.9 Å². The van der Waals surface area contributed by atoms with Gasteiger partial charge in [-0.15, -0.1) is 0 Å². The highest BCUT2D eigenvalue weighted by molar-refractivity contribution is 5.93. The maximum absolute atomic E-state index is 12.7. The SMILES string of the molecule is Nc1ccccc1NC(=O)CCCCC(=O)NCc1ccccc1-c1ccc(C2OC(CN3CCOCC3)CC(c3ccc(CO)cc3)O2)cc1. The monoisotopic (exact) mass is 692 g/mol. The van der Waals surface area contributed by atoms with Gasteiger partial charge in [0.1, 0.15) is 0 Å². The molecule has 0 saturated carbocycles. The Morgan fingerprint density at radius 1 is 0.804 bits per heavy atom. The van der Waals surface area contributed by atoms with Crippen molar-refractivity contribution in [1.82, 2.24) is 10.2 Å². The van der Waals surface area contributed by atoms with E-state index in [1.807, 2.05) is 54.6 Å². The second-order valence-corrected chi connectivity index (χ2v) is 13.2. The lowest BCUT2D eigenvalue weighted by molar-refractivity contribution is -0.253. The Kier molecular flexibility index (Phi) is 12.8. The third-order valence-corrected chi connectivity index (χ3v) is 9.46. The number of nitrogens with zero attached hydrogens (tertiary/aromatic N) is 1. The van der Waals surface area contributed by atoms with E-state index in [0.29, 0.717) is 43.6 Å². The number of ether oxygens (including phenoxy) is 3. The Balaban J connectivity index is 1.04. The number of nitrogens with one attached hydrogen (secondary N) is 2. The molecule has 2 aliphatic rings. The van der Waals surface area contributed by atoms with Crippen LogP contribution >= 0.6 is 0 Å². The number of aliphatic hydroxyl groups excluding tert-OH is 1. The van der Waals surface area contributed by atoms with Crippen LogP contribution in [0.25, 0.3) is 11.1 Å². The summed E-state index contributed by atoms with van der Waals surface area (Å²) in [4.78, 5) is 27.4. The predicted molar refractivity (Wildman–Crippen MR) is 197 cm³/mol. The predicted octanol–water partition coefficient (Wildman–Crippen LogP) is 6.12. The molecule has 2 saturated heterocycles. The highest BCUT2D eigenvalue weighted by atomic mass is 16.7. The van der Waals surface area contributed by atoms with Gasteiger partial charge >= 0.3 is 0 Å². The molecule has 2 aliphatic heterocycles. The standard InChI is InChI=1S/C41H48N4O6/c42-36-9-3-4-10-37(36)44-40(48)12-6-5-11-39(47)43-26-33-7-1-2-8-35(33)30-17-19-32(20-18-30)41-50-34(27-45-21-23-49-24-22-45)25-38(51-41)31-15-13-29(28-46)14-16-31/h1-4,7-10,13-20,34,38,41,46H,5-6,11-12,21-28,42H2,(H,43,47)(H,44,48). The molecule has 3 atom stereocenters. The number of amides is 2. The smallest absolute Gasteiger partial charge is 0.224 e. The summed E-state index contributed by atoms with van der Waals surface area (Å²) in [7, 11) is 0. The summed E-state index contributed by atoms with van der Waals surface area (Å²) in [5.41, 5.74) is 13.0. The molecule has 4 aromatic carbocycles. The zero-order valence-corrected chi connectivity index (χ0v) is 29.0. The molecule has 10 nitrogen and oxygen atoms in total. The molecular weight excluding hydrogens is 644 g/mol. The van der Waals surface area contributed by atoms with Crippen molar-refractivity contribution in [3.05, 3.63) is 119 Å². The molecule has 2 amide bonds. The first-order chi connectivity index (χ1) is 24.9. The number of benzene rings is 4. The lowest BCUT2D eigenvalue weighted by Gasteiger charge is -2.39. The van der Waals surface area contributed by atoms with E-state index in [2.05, 4.69) is 45.9 Å². The van der Waals surface area contributed by atoms with Crippen molar-refractivity contribution in [2.45, 2.75) is 63.8 Å².